The van der Waals surface area contributed by atoms with E-state index in [0.717, 1.165) is 26.0 Å². The molecule has 0 bridgehead atoms. The molecule has 1 saturated heterocycles. The third-order valence-electron chi connectivity index (χ3n) is 3.45. The van der Waals surface area contributed by atoms with Crippen LogP contribution in [0, 0.1) is 0 Å². The van der Waals surface area contributed by atoms with E-state index < -0.39 is 0 Å². The summed E-state index contributed by atoms with van der Waals surface area (Å²) >= 11 is 0. The van der Waals surface area contributed by atoms with Crippen molar-refractivity contribution in [2.45, 2.75) is 51.2 Å². The zero-order valence-electron chi connectivity index (χ0n) is 10.9. The van der Waals surface area contributed by atoms with Crippen LogP contribution in [0.1, 0.15) is 39.0 Å². The molecular formula is C12H25N3O2. The number of nitrogens with zero attached hydrogens (tertiary/aromatic N) is 2. The van der Waals surface area contributed by atoms with Crippen LogP contribution in [0.3, 0.4) is 0 Å². The van der Waals surface area contributed by atoms with Crippen molar-refractivity contribution in [1.82, 2.24) is 4.90 Å². The summed E-state index contributed by atoms with van der Waals surface area (Å²) in [7, 11) is 2.07. The van der Waals surface area contributed by atoms with Gasteiger partial charge < -0.3 is 20.6 Å². The van der Waals surface area contributed by atoms with Crippen molar-refractivity contribution in [2.75, 3.05) is 20.2 Å². The molecule has 1 rings (SSSR count). The molecular weight excluding hydrogens is 218 g/mol. The Morgan fingerprint density at radius 2 is 2.41 bits per heavy atom. The van der Waals surface area contributed by atoms with E-state index in [0.29, 0.717) is 24.4 Å². The standard InChI is InChI=1S/C12H25N3O2/c1-10(9-12(13)14-16)15(2)7-3-5-11-6-4-8-17-11/h10-11,16H,3-9H2,1-2H3,(H2,13,14). The lowest BCUT2D eigenvalue weighted by Crippen LogP contribution is -2.34. The molecule has 0 amide bonds. The Morgan fingerprint density at radius 3 is 3.00 bits per heavy atom. The van der Waals surface area contributed by atoms with Crippen molar-refractivity contribution in [3.05, 3.63) is 0 Å². The molecule has 5 nitrogen and oxygen atoms in total. The first-order chi connectivity index (χ1) is 8.13. The molecule has 0 aromatic rings. The molecule has 0 radical (unpaired) electrons. The Bertz CT molecular complexity index is 240. The van der Waals surface area contributed by atoms with Gasteiger partial charge in [0.1, 0.15) is 5.84 Å². The van der Waals surface area contributed by atoms with Crippen LogP contribution < -0.4 is 5.73 Å². The molecule has 0 spiro atoms. The molecule has 100 valence electrons. The summed E-state index contributed by atoms with van der Waals surface area (Å²) in [6.07, 6.45) is 5.78. The van der Waals surface area contributed by atoms with E-state index in [-0.39, 0.29) is 0 Å². The third-order valence-corrected chi connectivity index (χ3v) is 3.45. The zero-order chi connectivity index (χ0) is 12.7. The number of rotatable bonds is 7. The van der Waals surface area contributed by atoms with Gasteiger partial charge in [0.15, 0.2) is 0 Å². The van der Waals surface area contributed by atoms with Gasteiger partial charge in [-0.05, 0) is 46.2 Å². The van der Waals surface area contributed by atoms with Crippen LogP contribution in [0.2, 0.25) is 0 Å². The fraction of sp³-hybridized carbons (Fsp3) is 0.917. The maximum absolute atomic E-state index is 8.51. The molecule has 2 unspecified atom stereocenters. The first-order valence-corrected chi connectivity index (χ1v) is 6.41. The first-order valence-electron chi connectivity index (χ1n) is 6.41. The summed E-state index contributed by atoms with van der Waals surface area (Å²) in [5.41, 5.74) is 5.49. The highest BCUT2D eigenvalue weighted by Gasteiger charge is 2.16. The largest absolute Gasteiger partial charge is 0.409 e. The molecule has 1 heterocycles. The van der Waals surface area contributed by atoms with Crippen LogP contribution in [0.5, 0.6) is 0 Å². The Balaban J connectivity index is 2.12. The Hall–Kier alpha value is -0.810. The van der Waals surface area contributed by atoms with Crippen LogP contribution in [-0.2, 0) is 4.74 Å². The average molecular weight is 243 g/mol. The van der Waals surface area contributed by atoms with Crippen LogP contribution in [0.4, 0.5) is 0 Å². The molecule has 0 aromatic carbocycles. The monoisotopic (exact) mass is 243 g/mol. The molecule has 17 heavy (non-hydrogen) atoms. The van der Waals surface area contributed by atoms with Crippen molar-refractivity contribution >= 4 is 5.84 Å². The number of hydrogen-bond acceptors (Lipinski definition) is 4. The lowest BCUT2D eigenvalue weighted by atomic mass is 10.1. The summed E-state index contributed by atoms with van der Waals surface area (Å²) in [5.74, 6) is 0.295. The van der Waals surface area contributed by atoms with Gasteiger partial charge in [-0.15, -0.1) is 0 Å². The smallest absolute Gasteiger partial charge is 0.140 e. The molecule has 1 aliphatic heterocycles. The van der Waals surface area contributed by atoms with Crippen LogP contribution in [-0.4, -0.2) is 48.3 Å². The lowest BCUT2D eigenvalue weighted by molar-refractivity contribution is 0.0984. The quantitative estimate of drug-likeness (QED) is 0.307. The van der Waals surface area contributed by atoms with E-state index >= 15 is 0 Å². The predicted octanol–water partition coefficient (Wildman–Crippen LogP) is 1.40. The van der Waals surface area contributed by atoms with Gasteiger partial charge in [-0.3, -0.25) is 0 Å². The van der Waals surface area contributed by atoms with E-state index in [2.05, 4.69) is 24.0 Å². The van der Waals surface area contributed by atoms with Gasteiger partial charge in [0.25, 0.3) is 0 Å². The summed E-state index contributed by atoms with van der Waals surface area (Å²) in [4.78, 5) is 2.24. The topological polar surface area (TPSA) is 71.1 Å². The molecule has 2 atom stereocenters. The molecule has 1 fully saturated rings. The van der Waals surface area contributed by atoms with E-state index in [1.807, 2.05) is 0 Å². The van der Waals surface area contributed by atoms with Crippen LogP contribution in [0.25, 0.3) is 0 Å². The van der Waals surface area contributed by atoms with Crippen molar-refractivity contribution in [3.63, 3.8) is 0 Å². The lowest BCUT2D eigenvalue weighted by Gasteiger charge is -2.24. The second kappa shape index (κ2) is 7.50. The zero-order valence-corrected chi connectivity index (χ0v) is 10.9. The van der Waals surface area contributed by atoms with Crippen LogP contribution in [0.15, 0.2) is 5.16 Å². The van der Waals surface area contributed by atoms with Crippen molar-refractivity contribution in [3.8, 4) is 0 Å². The molecule has 0 aliphatic carbocycles. The Kier molecular flexibility index (Phi) is 6.29. The number of ether oxygens (including phenoxy) is 1. The third kappa shape index (κ3) is 5.37. The SMILES string of the molecule is CC(C/C(N)=N/O)N(C)CCCC1CCCO1. The highest BCUT2D eigenvalue weighted by atomic mass is 16.5. The maximum Gasteiger partial charge on any atom is 0.140 e. The minimum Gasteiger partial charge on any atom is -0.409 e. The summed E-state index contributed by atoms with van der Waals surface area (Å²) in [6.45, 7) is 4.05. The predicted molar refractivity (Wildman–Crippen MR) is 68.3 cm³/mol. The van der Waals surface area contributed by atoms with Gasteiger partial charge in [-0.1, -0.05) is 5.16 Å². The van der Waals surface area contributed by atoms with Gasteiger partial charge in [0.05, 0.1) is 6.10 Å². The van der Waals surface area contributed by atoms with E-state index in [4.69, 9.17) is 15.7 Å². The molecule has 1 aliphatic rings. The van der Waals surface area contributed by atoms with Crippen molar-refractivity contribution in [1.29, 1.82) is 0 Å². The highest BCUT2D eigenvalue weighted by molar-refractivity contribution is 5.80. The van der Waals surface area contributed by atoms with E-state index in [1.54, 1.807) is 0 Å². The normalized spacial score (nSPS) is 23.2. The van der Waals surface area contributed by atoms with Gasteiger partial charge in [-0.2, -0.15) is 0 Å². The summed E-state index contributed by atoms with van der Waals surface area (Å²) in [5, 5.41) is 11.5. The number of hydrogen-bond donors (Lipinski definition) is 2. The second-order valence-corrected chi connectivity index (χ2v) is 4.90. The maximum atomic E-state index is 8.51. The fourth-order valence-electron chi connectivity index (χ4n) is 2.16. The molecule has 0 aromatic heterocycles. The van der Waals surface area contributed by atoms with E-state index in [9.17, 15) is 0 Å². The fourth-order valence-corrected chi connectivity index (χ4v) is 2.16. The van der Waals surface area contributed by atoms with Crippen LogP contribution >= 0.6 is 0 Å². The minimum atomic E-state index is 0.295. The Labute approximate surface area is 104 Å². The molecule has 0 saturated carbocycles. The average Bonchev–Trinajstić information content (AvgIpc) is 2.81. The van der Waals surface area contributed by atoms with Gasteiger partial charge in [-0.25, -0.2) is 0 Å². The van der Waals surface area contributed by atoms with Gasteiger partial charge in [0, 0.05) is 19.1 Å². The summed E-state index contributed by atoms with van der Waals surface area (Å²) in [6, 6.07) is 0.301. The minimum absolute atomic E-state index is 0.295. The molecule has 5 heteroatoms. The van der Waals surface area contributed by atoms with Crippen molar-refractivity contribution < 1.29 is 9.94 Å². The number of nitrogens with two attached hydrogens (primary N) is 1. The van der Waals surface area contributed by atoms with Crippen molar-refractivity contribution in [2.24, 2.45) is 10.9 Å². The number of amidine groups is 1. The first kappa shape index (κ1) is 14.3. The molecule has 3 N–H and O–H groups in total. The highest BCUT2D eigenvalue weighted by Crippen LogP contribution is 2.17. The van der Waals surface area contributed by atoms with E-state index in [1.165, 1.54) is 12.8 Å². The van der Waals surface area contributed by atoms with Gasteiger partial charge in [0.2, 0.25) is 0 Å². The number of oxime groups is 1. The van der Waals surface area contributed by atoms with Gasteiger partial charge >= 0.3 is 0 Å². The second-order valence-electron chi connectivity index (χ2n) is 4.90. The Morgan fingerprint density at radius 1 is 1.65 bits per heavy atom. The summed E-state index contributed by atoms with van der Waals surface area (Å²) < 4.78 is 5.59.